The Morgan fingerprint density at radius 3 is 3.00 bits per heavy atom. The number of para-hydroxylation sites is 1. The van der Waals surface area contributed by atoms with Crippen LogP contribution in [0.25, 0.3) is 10.2 Å². The summed E-state index contributed by atoms with van der Waals surface area (Å²) in [6.45, 7) is 3.48. The second kappa shape index (κ2) is 7.23. The van der Waals surface area contributed by atoms with Gasteiger partial charge < -0.3 is 4.74 Å². The van der Waals surface area contributed by atoms with Gasteiger partial charge in [-0.15, -0.1) is 11.3 Å². The average Bonchev–Trinajstić information content (AvgIpc) is 3.39. The predicted molar refractivity (Wildman–Crippen MR) is 104 cm³/mol. The van der Waals surface area contributed by atoms with Gasteiger partial charge in [0, 0.05) is 6.61 Å². The van der Waals surface area contributed by atoms with Crippen molar-refractivity contribution in [1.82, 2.24) is 4.98 Å². The van der Waals surface area contributed by atoms with Gasteiger partial charge >= 0.3 is 0 Å². The van der Waals surface area contributed by atoms with Crippen LogP contribution in [-0.4, -0.2) is 30.1 Å². The highest BCUT2D eigenvalue weighted by Gasteiger charge is 2.27. The zero-order valence-corrected chi connectivity index (χ0v) is 15.7. The summed E-state index contributed by atoms with van der Waals surface area (Å²) in [5, 5.41) is 2.70. The lowest BCUT2D eigenvalue weighted by atomic mass is 10.1. The van der Waals surface area contributed by atoms with Gasteiger partial charge in [-0.2, -0.15) is 0 Å². The summed E-state index contributed by atoms with van der Waals surface area (Å²) in [5.41, 5.74) is 2.24. The Labute approximate surface area is 155 Å². The van der Waals surface area contributed by atoms with E-state index in [0.717, 1.165) is 46.1 Å². The fourth-order valence-corrected chi connectivity index (χ4v) is 4.86. The van der Waals surface area contributed by atoms with Gasteiger partial charge in [-0.05, 0) is 42.3 Å². The van der Waals surface area contributed by atoms with Crippen molar-refractivity contribution >= 4 is 43.9 Å². The van der Waals surface area contributed by atoms with E-state index in [2.05, 4.69) is 25.1 Å². The maximum Gasteiger partial charge on any atom is 0.270 e. The molecule has 1 aliphatic heterocycles. The van der Waals surface area contributed by atoms with E-state index >= 15 is 0 Å². The van der Waals surface area contributed by atoms with Crippen molar-refractivity contribution in [2.45, 2.75) is 32.3 Å². The summed E-state index contributed by atoms with van der Waals surface area (Å²) in [6, 6.07) is 10.0. The molecule has 0 aliphatic carbocycles. The molecule has 0 N–H and O–H groups in total. The number of rotatable bonds is 5. The van der Waals surface area contributed by atoms with E-state index in [1.165, 1.54) is 16.9 Å². The van der Waals surface area contributed by atoms with Gasteiger partial charge in [-0.1, -0.05) is 36.5 Å². The molecule has 0 unspecified atom stereocenters. The summed E-state index contributed by atoms with van der Waals surface area (Å²) in [4.78, 5) is 20.5. The number of benzene rings is 1. The zero-order chi connectivity index (χ0) is 17.2. The number of ether oxygens (including phenoxy) is 1. The molecule has 3 heterocycles. The van der Waals surface area contributed by atoms with Gasteiger partial charge in [0.25, 0.3) is 5.91 Å². The minimum Gasteiger partial charge on any atom is -0.376 e. The number of hydrogen-bond donors (Lipinski definition) is 0. The number of carbonyl (C=O) groups is 1. The Hall–Kier alpha value is -1.76. The normalized spacial score (nSPS) is 17.2. The number of nitrogens with zero attached hydrogens (tertiary/aromatic N) is 2. The monoisotopic (exact) mass is 372 g/mol. The summed E-state index contributed by atoms with van der Waals surface area (Å²) in [7, 11) is 0. The standard InChI is InChI=1S/C19H20N2O2S2/c1-2-13-6-3-8-15-17(13)20-19(25-15)21(12-14-7-4-10-23-14)18(22)16-9-5-11-24-16/h3,5-6,8-9,11,14H,2,4,7,10,12H2,1H3/t14-/m1/s1. The fraction of sp³-hybridized carbons (Fsp3) is 0.368. The highest BCUT2D eigenvalue weighted by molar-refractivity contribution is 7.22. The van der Waals surface area contributed by atoms with Gasteiger partial charge in [-0.25, -0.2) is 4.98 Å². The smallest absolute Gasteiger partial charge is 0.270 e. The minimum absolute atomic E-state index is 0.0163. The lowest BCUT2D eigenvalue weighted by molar-refractivity contribution is 0.0920. The lowest BCUT2D eigenvalue weighted by Crippen LogP contribution is -2.37. The first kappa shape index (κ1) is 16.7. The van der Waals surface area contributed by atoms with E-state index in [1.54, 1.807) is 11.3 Å². The number of thiophene rings is 1. The van der Waals surface area contributed by atoms with Crippen molar-refractivity contribution in [2.24, 2.45) is 0 Å². The third kappa shape index (κ3) is 3.34. The molecule has 25 heavy (non-hydrogen) atoms. The van der Waals surface area contributed by atoms with Gasteiger partial charge in [0.1, 0.15) is 0 Å². The molecule has 2 aromatic heterocycles. The minimum atomic E-state index is 0.0163. The van der Waals surface area contributed by atoms with Crippen molar-refractivity contribution in [3.63, 3.8) is 0 Å². The highest BCUT2D eigenvalue weighted by Crippen LogP contribution is 2.33. The molecule has 6 heteroatoms. The lowest BCUT2D eigenvalue weighted by Gasteiger charge is -2.22. The van der Waals surface area contributed by atoms with Crippen LogP contribution in [0, 0.1) is 0 Å². The topological polar surface area (TPSA) is 42.4 Å². The molecule has 1 aliphatic rings. The molecule has 3 aromatic rings. The summed E-state index contributed by atoms with van der Waals surface area (Å²) in [6.07, 6.45) is 3.09. The number of hydrogen-bond acceptors (Lipinski definition) is 5. The van der Waals surface area contributed by atoms with Crippen molar-refractivity contribution in [3.05, 3.63) is 46.2 Å². The van der Waals surface area contributed by atoms with E-state index in [9.17, 15) is 4.79 Å². The predicted octanol–water partition coefficient (Wildman–Crippen LogP) is 4.75. The van der Waals surface area contributed by atoms with Crippen LogP contribution >= 0.6 is 22.7 Å². The molecule has 0 saturated carbocycles. The number of aromatic nitrogens is 1. The van der Waals surface area contributed by atoms with Crippen LogP contribution in [0.1, 0.15) is 35.0 Å². The summed E-state index contributed by atoms with van der Waals surface area (Å²) >= 11 is 3.06. The van der Waals surface area contributed by atoms with Crippen LogP contribution < -0.4 is 4.90 Å². The highest BCUT2D eigenvalue weighted by atomic mass is 32.1. The first-order chi connectivity index (χ1) is 12.3. The van der Waals surface area contributed by atoms with E-state index in [-0.39, 0.29) is 12.0 Å². The molecule has 0 radical (unpaired) electrons. The third-order valence-electron chi connectivity index (χ3n) is 4.49. The molecule has 1 atom stereocenters. The van der Waals surface area contributed by atoms with Gasteiger partial charge in [0.05, 0.1) is 27.7 Å². The molecule has 130 valence electrons. The second-order valence-electron chi connectivity index (χ2n) is 6.14. The van der Waals surface area contributed by atoms with Crippen LogP contribution in [-0.2, 0) is 11.2 Å². The molecule has 1 aromatic carbocycles. The second-order valence-corrected chi connectivity index (χ2v) is 8.10. The first-order valence-corrected chi connectivity index (χ1v) is 10.3. The van der Waals surface area contributed by atoms with Gasteiger partial charge in [0.15, 0.2) is 5.13 Å². The molecule has 1 fully saturated rings. The van der Waals surface area contributed by atoms with Crippen LogP contribution in [0.15, 0.2) is 35.7 Å². The Bertz CT molecular complexity index is 867. The SMILES string of the molecule is CCc1cccc2sc(N(C[C@H]3CCCO3)C(=O)c3cccs3)nc12. The third-order valence-corrected chi connectivity index (χ3v) is 6.39. The first-order valence-electron chi connectivity index (χ1n) is 8.61. The molecule has 4 rings (SSSR count). The average molecular weight is 373 g/mol. The summed E-state index contributed by atoms with van der Waals surface area (Å²) < 4.78 is 6.91. The molecular formula is C19H20N2O2S2. The van der Waals surface area contributed by atoms with Crippen molar-refractivity contribution < 1.29 is 9.53 Å². The van der Waals surface area contributed by atoms with Gasteiger partial charge in [0.2, 0.25) is 0 Å². The number of anilines is 1. The quantitative estimate of drug-likeness (QED) is 0.649. The van der Waals surface area contributed by atoms with E-state index in [1.807, 2.05) is 22.4 Å². The number of amides is 1. The Morgan fingerprint density at radius 2 is 2.28 bits per heavy atom. The fourth-order valence-electron chi connectivity index (χ4n) is 3.17. The van der Waals surface area contributed by atoms with Crippen molar-refractivity contribution in [1.29, 1.82) is 0 Å². The molecule has 1 saturated heterocycles. The van der Waals surface area contributed by atoms with Crippen molar-refractivity contribution in [3.8, 4) is 0 Å². The Balaban J connectivity index is 1.72. The Kier molecular flexibility index (Phi) is 4.83. The molecule has 0 spiro atoms. The number of carbonyl (C=O) groups excluding carboxylic acids is 1. The number of aryl methyl sites for hydroxylation is 1. The van der Waals surface area contributed by atoms with Crippen LogP contribution in [0.5, 0.6) is 0 Å². The number of fused-ring (bicyclic) bond motifs is 1. The van der Waals surface area contributed by atoms with Crippen LogP contribution in [0.3, 0.4) is 0 Å². The molecule has 1 amide bonds. The molecule has 4 nitrogen and oxygen atoms in total. The maximum atomic E-state index is 13.1. The zero-order valence-electron chi connectivity index (χ0n) is 14.1. The molecular weight excluding hydrogens is 352 g/mol. The van der Waals surface area contributed by atoms with Crippen LogP contribution in [0.2, 0.25) is 0 Å². The van der Waals surface area contributed by atoms with E-state index in [0.29, 0.717) is 6.54 Å². The Morgan fingerprint density at radius 1 is 1.36 bits per heavy atom. The largest absolute Gasteiger partial charge is 0.376 e. The van der Waals surface area contributed by atoms with E-state index in [4.69, 9.17) is 9.72 Å². The van der Waals surface area contributed by atoms with Crippen molar-refractivity contribution in [2.75, 3.05) is 18.1 Å². The maximum absolute atomic E-state index is 13.1. The van der Waals surface area contributed by atoms with Gasteiger partial charge in [-0.3, -0.25) is 9.69 Å². The summed E-state index contributed by atoms with van der Waals surface area (Å²) in [5.74, 6) is 0.0163. The molecule has 0 bridgehead atoms. The van der Waals surface area contributed by atoms with E-state index < -0.39 is 0 Å². The number of thiazole rings is 1. The van der Waals surface area contributed by atoms with Crippen LogP contribution in [0.4, 0.5) is 5.13 Å².